The van der Waals surface area contributed by atoms with Gasteiger partial charge < -0.3 is 9.47 Å². The summed E-state index contributed by atoms with van der Waals surface area (Å²) >= 11 is 0. The van der Waals surface area contributed by atoms with Crippen molar-refractivity contribution < 1.29 is 19.1 Å². The maximum Gasteiger partial charge on any atom is 0.309 e. The zero-order valence-electron chi connectivity index (χ0n) is 10.5. The van der Waals surface area contributed by atoms with Crippen LogP contribution in [0, 0.1) is 5.92 Å². The summed E-state index contributed by atoms with van der Waals surface area (Å²) in [6.45, 7) is 3.60. The van der Waals surface area contributed by atoms with Crippen molar-refractivity contribution in [3.8, 4) is 5.75 Å². The van der Waals surface area contributed by atoms with Crippen LogP contribution in [0.25, 0.3) is 0 Å². The fourth-order valence-electron chi connectivity index (χ4n) is 2.02. The molecule has 0 aliphatic heterocycles. The molecule has 4 heteroatoms. The van der Waals surface area contributed by atoms with Crippen LogP contribution in [0.15, 0.2) is 24.3 Å². The zero-order chi connectivity index (χ0) is 13.1. The van der Waals surface area contributed by atoms with Crippen LogP contribution in [0.3, 0.4) is 0 Å². The van der Waals surface area contributed by atoms with Crippen molar-refractivity contribution in [2.75, 3.05) is 6.61 Å². The van der Waals surface area contributed by atoms with E-state index in [1.54, 1.807) is 12.1 Å². The van der Waals surface area contributed by atoms with Gasteiger partial charge in [-0.3, -0.25) is 9.59 Å². The summed E-state index contributed by atoms with van der Waals surface area (Å²) < 4.78 is 9.94. The first-order valence-corrected chi connectivity index (χ1v) is 6.06. The smallest absolute Gasteiger partial charge is 0.309 e. The Kier molecular flexibility index (Phi) is 3.65. The van der Waals surface area contributed by atoms with Gasteiger partial charge in [0.05, 0.1) is 12.5 Å². The quantitative estimate of drug-likeness (QED) is 0.606. The highest BCUT2D eigenvalue weighted by molar-refractivity contribution is 5.77. The van der Waals surface area contributed by atoms with Gasteiger partial charge in [-0.15, -0.1) is 0 Å². The van der Waals surface area contributed by atoms with Crippen molar-refractivity contribution in [3.63, 3.8) is 0 Å². The van der Waals surface area contributed by atoms with Crippen molar-refractivity contribution in [2.45, 2.75) is 26.2 Å². The number of carbonyl (C=O) groups excluding carboxylic acids is 2. The predicted molar refractivity (Wildman–Crippen MR) is 65.2 cm³/mol. The molecule has 1 aliphatic rings. The molecule has 1 aliphatic carbocycles. The van der Waals surface area contributed by atoms with Gasteiger partial charge in [0.15, 0.2) is 0 Å². The Labute approximate surface area is 106 Å². The number of benzene rings is 1. The van der Waals surface area contributed by atoms with Crippen LogP contribution >= 0.6 is 0 Å². The number of rotatable bonds is 4. The number of ether oxygens (including phenoxy) is 2. The third kappa shape index (κ3) is 2.88. The summed E-state index contributed by atoms with van der Waals surface area (Å²) in [5, 5.41) is 0. The summed E-state index contributed by atoms with van der Waals surface area (Å²) in [7, 11) is 0. The molecule has 1 unspecified atom stereocenters. The number of hydrogen-bond acceptors (Lipinski definition) is 4. The molecule has 0 heterocycles. The Morgan fingerprint density at radius 2 is 1.94 bits per heavy atom. The Balaban J connectivity index is 1.96. The van der Waals surface area contributed by atoms with Gasteiger partial charge in [0.25, 0.3) is 0 Å². The second kappa shape index (κ2) is 5.21. The van der Waals surface area contributed by atoms with Crippen LogP contribution in [0.1, 0.15) is 31.7 Å². The first-order valence-electron chi connectivity index (χ1n) is 6.06. The van der Waals surface area contributed by atoms with E-state index in [-0.39, 0.29) is 23.8 Å². The highest BCUT2D eigenvalue weighted by Crippen LogP contribution is 2.48. The van der Waals surface area contributed by atoms with Crippen LogP contribution in [0.2, 0.25) is 0 Å². The van der Waals surface area contributed by atoms with E-state index < -0.39 is 0 Å². The van der Waals surface area contributed by atoms with Crippen molar-refractivity contribution in [1.82, 2.24) is 0 Å². The van der Waals surface area contributed by atoms with Crippen LogP contribution in [0.5, 0.6) is 5.75 Å². The standard InChI is InChI=1S/C14H16O4/c1-3-17-14(16)13-8-12(13)10-4-6-11(7-5-10)18-9(2)15/h4-7,12-13H,3,8H2,1-2H3/t12-,13?/m1/s1. The molecule has 0 amide bonds. The van der Waals surface area contributed by atoms with Crippen molar-refractivity contribution in [2.24, 2.45) is 5.92 Å². The predicted octanol–water partition coefficient (Wildman–Crippen LogP) is 2.28. The molecule has 96 valence electrons. The molecule has 0 aromatic heterocycles. The molecule has 2 rings (SSSR count). The normalized spacial score (nSPS) is 21.2. The molecule has 0 bridgehead atoms. The Morgan fingerprint density at radius 3 is 2.50 bits per heavy atom. The maximum absolute atomic E-state index is 11.5. The summed E-state index contributed by atoms with van der Waals surface area (Å²) in [4.78, 5) is 22.3. The van der Waals surface area contributed by atoms with E-state index in [2.05, 4.69) is 0 Å². The molecule has 1 fully saturated rings. The van der Waals surface area contributed by atoms with Gasteiger partial charge in [0.1, 0.15) is 5.75 Å². The first-order chi connectivity index (χ1) is 8.61. The highest BCUT2D eigenvalue weighted by atomic mass is 16.5. The van der Waals surface area contributed by atoms with Gasteiger partial charge in [-0.25, -0.2) is 0 Å². The molecule has 0 N–H and O–H groups in total. The molecule has 0 radical (unpaired) electrons. The SMILES string of the molecule is CCOC(=O)C1C[C@@H]1c1ccc(OC(C)=O)cc1. The Bertz CT molecular complexity index is 449. The van der Waals surface area contributed by atoms with Crippen LogP contribution in [-0.4, -0.2) is 18.5 Å². The first kappa shape index (κ1) is 12.6. The lowest BCUT2D eigenvalue weighted by molar-refractivity contribution is -0.144. The third-order valence-electron chi connectivity index (χ3n) is 2.95. The third-order valence-corrected chi connectivity index (χ3v) is 2.95. The van der Waals surface area contributed by atoms with Crippen molar-refractivity contribution in [1.29, 1.82) is 0 Å². The average molecular weight is 248 g/mol. The lowest BCUT2D eigenvalue weighted by Crippen LogP contribution is -2.07. The molecule has 0 spiro atoms. The molecular weight excluding hydrogens is 232 g/mol. The van der Waals surface area contributed by atoms with Gasteiger partial charge in [-0.2, -0.15) is 0 Å². The lowest BCUT2D eigenvalue weighted by atomic mass is 10.1. The van der Waals surface area contributed by atoms with E-state index in [1.165, 1.54) is 6.92 Å². The Hall–Kier alpha value is -1.84. The van der Waals surface area contributed by atoms with Gasteiger partial charge in [-0.1, -0.05) is 12.1 Å². The summed E-state index contributed by atoms with van der Waals surface area (Å²) in [5.41, 5.74) is 1.09. The van der Waals surface area contributed by atoms with E-state index in [1.807, 2.05) is 19.1 Å². The van der Waals surface area contributed by atoms with E-state index >= 15 is 0 Å². The molecule has 2 atom stereocenters. The minimum atomic E-state index is -0.335. The second-order valence-electron chi connectivity index (χ2n) is 4.36. The van der Waals surface area contributed by atoms with Crippen LogP contribution in [-0.2, 0) is 14.3 Å². The molecule has 1 saturated carbocycles. The van der Waals surface area contributed by atoms with Gasteiger partial charge in [0, 0.05) is 6.92 Å². The summed E-state index contributed by atoms with van der Waals surface area (Å²) in [5.74, 6) is 0.310. The van der Waals surface area contributed by atoms with Gasteiger partial charge >= 0.3 is 11.9 Å². The topological polar surface area (TPSA) is 52.6 Å². The molecule has 4 nitrogen and oxygen atoms in total. The number of hydrogen-bond donors (Lipinski definition) is 0. The second-order valence-corrected chi connectivity index (χ2v) is 4.36. The Morgan fingerprint density at radius 1 is 1.28 bits per heavy atom. The fourth-order valence-corrected chi connectivity index (χ4v) is 2.02. The monoisotopic (exact) mass is 248 g/mol. The fraction of sp³-hybridized carbons (Fsp3) is 0.429. The average Bonchev–Trinajstić information content (AvgIpc) is 3.09. The van der Waals surface area contributed by atoms with E-state index in [9.17, 15) is 9.59 Å². The number of carbonyl (C=O) groups is 2. The zero-order valence-corrected chi connectivity index (χ0v) is 10.5. The molecule has 18 heavy (non-hydrogen) atoms. The molecule has 1 aromatic rings. The molecule has 1 aromatic carbocycles. The minimum absolute atomic E-state index is 0.00970. The summed E-state index contributed by atoms with van der Waals surface area (Å²) in [6.07, 6.45) is 0.839. The highest BCUT2D eigenvalue weighted by Gasteiger charge is 2.45. The van der Waals surface area contributed by atoms with E-state index in [0.717, 1.165) is 12.0 Å². The van der Waals surface area contributed by atoms with Crippen LogP contribution < -0.4 is 4.74 Å². The summed E-state index contributed by atoms with van der Waals surface area (Å²) in [6, 6.07) is 7.28. The van der Waals surface area contributed by atoms with Crippen LogP contribution in [0.4, 0.5) is 0 Å². The maximum atomic E-state index is 11.5. The van der Waals surface area contributed by atoms with E-state index in [4.69, 9.17) is 9.47 Å². The van der Waals surface area contributed by atoms with E-state index in [0.29, 0.717) is 12.4 Å². The lowest BCUT2D eigenvalue weighted by Gasteiger charge is -2.04. The van der Waals surface area contributed by atoms with Gasteiger partial charge in [-0.05, 0) is 37.0 Å². The van der Waals surface area contributed by atoms with Gasteiger partial charge in [0.2, 0.25) is 0 Å². The number of esters is 2. The van der Waals surface area contributed by atoms with Crippen molar-refractivity contribution in [3.05, 3.63) is 29.8 Å². The molecular formula is C14H16O4. The largest absolute Gasteiger partial charge is 0.466 e. The minimum Gasteiger partial charge on any atom is -0.466 e. The molecule has 0 saturated heterocycles. The van der Waals surface area contributed by atoms with Crippen molar-refractivity contribution >= 4 is 11.9 Å².